The van der Waals surface area contributed by atoms with Gasteiger partial charge in [-0.15, -0.1) is 0 Å². The second kappa shape index (κ2) is 4.20. The van der Waals surface area contributed by atoms with Crippen LogP contribution in [0.15, 0.2) is 6.07 Å². The van der Waals surface area contributed by atoms with Crippen LogP contribution >= 0.6 is 0 Å². The zero-order valence-electron chi connectivity index (χ0n) is 9.80. The van der Waals surface area contributed by atoms with E-state index in [2.05, 4.69) is 10.2 Å². The molecule has 0 aliphatic carbocycles. The van der Waals surface area contributed by atoms with Gasteiger partial charge >= 0.3 is 5.97 Å². The van der Waals surface area contributed by atoms with Crippen LogP contribution in [0, 0.1) is 12.8 Å². The molecule has 2 atom stereocenters. The lowest BCUT2D eigenvalue weighted by Crippen LogP contribution is -2.42. The Morgan fingerprint density at radius 1 is 1.59 bits per heavy atom. The van der Waals surface area contributed by atoms with Gasteiger partial charge < -0.3 is 10.0 Å². The number of rotatable bonds is 2. The number of aromatic nitrogens is 2. The van der Waals surface area contributed by atoms with Crippen LogP contribution in [0.25, 0.3) is 0 Å². The molecular weight excluding hydrogens is 222 g/mol. The number of likely N-dealkylation sites (tertiary alicyclic amines) is 1. The fraction of sp³-hybridized carbons (Fsp3) is 0.545. The largest absolute Gasteiger partial charge is 0.480 e. The Labute approximate surface area is 98.6 Å². The van der Waals surface area contributed by atoms with Gasteiger partial charge in [0.15, 0.2) is 0 Å². The number of H-pyrrole nitrogens is 1. The molecule has 1 aliphatic heterocycles. The van der Waals surface area contributed by atoms with Crippen molar-refractivity contribution in [2.24, 2.45) is 5.92 Å². The molecule has 2 rings (SSSR count). The van der Waals surface area contributed by atoms with Crippen molar-refractivity contribution in [3.63, 3.8) is 0 Å². The van der Waals surface area contributed by atoms with E-state index < -0.39 is 12.0 Å². The molecule has 0 bridgehead atoms. The van der Waals surface area contributed by atoms with Gasteiger partial charge in [-0.05, 0) is 25.3 Å². The third-order valence-corrected chi connectivity index (χ3v) is 3.14. The van der Waals surface area contributed by atoms with Crippen molar-refractivity contribution in [2.75, 3.05) is 6.54 Å². The predicted molar refractivity (Wildman–Crippen MR) is 59.6 cm³/mol. The maximum absolute atomic E-state index is 12.1. The second-order valence-electron chi connectivity index (χ2n) is 4.48. The summed E-state index contributed by atoms with van der Waals surface area (Å²) in [6, 6.07) is 0.893. The van der Waals surface area contributed by atoms with Crippen molar-refractivity contribution in [3.05, 3.63) is 17.5 Å². The number of carbonyl (C=O) groups is 2. The standard InChI is InChI=1S/C11H15N3O3/c1-6-3-4-14(9(6)11(16)17)10(15)8-5-7(2)12-13-8/h5-6,9H,3-4H2,1-2H3,(H,12,13)(H,16,17). The van der Waals surface area contributed by atoms with E-state index in [1.807, 2.05) is 6.92 Å². The molecule has 0 aromatic carbocycles. The lowest BCUT2D eigenvalue weighted by atomic mass is 10.0. The Morgan fingerprint density at radius 3 is 2.82 bits per heavy atom. The van der Waals surface area contributed by atoms with Crippen LogP contribution in [-0.2, 0) is 4.79 Å². The van der Waals surface area contributed by atoms with E-state index in [-0.39, 0.29) is 17.5 Å². The van der Waals surface area contributed by atoms with Crippen LogP contribution in [0.5, 0.6) is 0 Å². The second-order valence-corrected chi connectivity index (χ2v) is 4.48. The van der Waals surface area contributed by atoms with Gasteiger partial charge in [0, 0.05) is 12.2 Å². The van der Waals surface area contributed by atoms with Crippen molar-refractivity contribution >= 4 is 11.9 Å². The molecule has 1 aromatic heterocycles. The molecule has 2 unspecified atom stereocenters. The summed E-state index contributed by atoms with van der Waals surface area (Å²) in [6.45, 7) is 4.12. The van der Waals surface area contributed by atoms with Crippen LogP contribution in [0.1, 0.15) is 29.5 Å². The van der Waals surface area contributed by atoms with Crippen LogP contribution in [0.3, 0.4) is 0 Å². The molecule has 6 nitrogen and oxygen atoms in total. The quantitative estimate of drug-likeness (QED) is 0.790. The first-order chi connectivity index (χ1) is 8.00. The molecular formula is C11H15N3O3. The van der Waals surface area contributed by atoms with Gasteiger partial charge in [-0.2, -0.15) is 5.10 Å². The zero-order chi connectivity index (χ0) is 12.6. The summed E-state index contributed by atoms with van der Waals surface area (Å²) in [5, 5.41) is 15.7. The van der Waals surface area contributed by atoms with Crippen LogP contribution in [0.4, 0.5) is 0 Å². The Kier molecular flexibility index (Phi) is 2.87. The molecule has 6 heteroatoms. The Hall–Kier alpha value is -1.85. The summed E-state index contributed by atoms with van der Waals surface area (Å²) in [4.78, 5) is 24.6. The minimum atomic E-state index is -0.949. The first-order valence-electron chi connectivity index (χ1n) is 5.56. The van der Waals surface area contributed by atoms with Crippen molar-refractivity contribution < 1.29 is 14.7 Å². The van der Waals surface area contributed by atoms with Crippen LogP contribution < -0.4 is 0 Å². The number of nitrogens with one attached hydrogen (secondary N) is 1. The van der Waals surface area contributed by atoms with E-state index in [0.29, 0.717) is 13.0 Å². The summed E-state index contributed by atoms with van der Waals surface area (Å²) >= 11 is 0. The highest BCUT2D eigenvalue weighted by Crippen LogP contribution is 2.25. The van der Waals surface area contributed by atoms with Gasteiger partial charge in [-0.25, -0.2) is 4.79 Å². The number of aliphatic carboxylic acids is 1. The molecule has 2 heterocycles. The lowest BCUT2D eigenvalue weighted by molar-refractivity contribution is -0.142. The first kappa shape index (κ1) is 11.6. The molecule has 1 fully saturated rings. The number of hydrogen-bond acceptors (Lipinski definition) is 3. The van der Waals surface area contributed by atoms with Crippen molar-refractivity contribution in [2.45, 2.75) is 26.3 Å². The molecule has 1 amide bonds. The summed E-state index contributed by atoms with van der Waals surface area (Å²) in [5.74, 6) is -1.28. The Morgan fingerprint density at radius 2 is 2.29 bits per heavy atom. The molecule has 0 radical (unpaired) electrons. The number of aryl methyl sites for hydroxylation is 1. The topological polar surface area (TPSA) is 86.3 Å². The van der Waals surface area contributed by atoms with Gasteiger partial charge in [-0.1, -0.05) is 6.92 Å². The lowest BCUT2D eigenvalue weighted by Gasteiger charge is -2.22. The molecule has 17 heavy (non-hydrogen) atoms. The minimum Gasteiger partial charge on any atom is -0.480 e. The number of nitrogens with zero attached hydrogens (tertiary/aromatic N) is 2. The number of hydrogen-bond donors (Lipinski definition) is 2. The maximum atomic E-state index is 12.1. The van der Waals surface area contributed by atoms with Gasteiger partial charge in [-0.3, -0.25) is 9.89 Å². The number of amides is 1. The monoisotopic (exact) mass is 237 g/mol. The third-order valence-electron chi connectivity index (χ3n) is 3.14. The predicted octanol–water partition coefficient (Wildman–Crippen LogP) is 0.653. The Bertz CT molecular complexity index is 455. The van der Waals surface area contributed by atoms with E-state index in [9.17, 15) is 9.59 Å². The van der Waals surface area contributed by atoms with Crippen molar-refractivity contribution in [1.82, 2.24) is 15.1 Å². The van der Waals surface area contributed by atoms with Gasteiger partial charge in [0.1, 0.15) is 11.7 Å². The van der Waals surface area contributed by atoms with E-state index in [0.717, 1.165) is 5.69 Å². The number of carbonyl (C=O) groups excluding carboxylic acids is 1. The first-order valence-corrected chi connectivity index (χ1v) is 5.56. The third kappa shape index (κ3) is 2.02. The highest BCUT2D eigenvalue weighted by molar-refractivity contribution is 5.95. The number of carboxylic acids is 1. The SMILES string of the molecule is Cc1cc(C(=O)N2CCC(C)C2C(=O)O)n[nH]1. The van der Waals surface area contributed by atoms with Crippen molar-refractivity contribution in [1.29, 1.82) is 0 Å². The number of carboxylic acid groups (broad SMARTS) is 1. The molecule has 0 spiro atoms. The smallest absolute Gasteiger partial charge is 0.326 e. The van der Waals surface area contributed by atoms with Crippen LogP contribution in [-0.4, -0.2) is 44.7 Å². The number of aromatic amines is 1. The van der Waals surface area contributed by atoms with Gasteiger partial charge in [0.05, 0.1) is 0 Å². The average Bonchev–Trinajstić information content (AvgIpc) is 2.83. The highest BCUT2D eigenvalue weighted by Gasteiger charge is 2.40. The molecule has 0 saturated carbocycles. The summed E-state index contributed by atoms with van der Waals surface area (Å²) < 4.78 is 0. The molecule has 1 aliphatic rings. The van der Waals surface area contributed by atoms with Crippen LogP contribution in [0.2, 0.25) is 0 Å². The summed E-state index contributed by atoms with van der Waals surface area (Å²) in [7, 11) is 0. The fourth-order valence-corrected chi connectivity index (χ4v) is 2.23. The Balaban J connectivity index is 2.22. The molecule has 1 saturated heterocycles. The maximum Gasteiger partial charge on any atom is 0.326 e. The van der Waals surface area contributed by atoms with Crippen molar-refractivity contribution in [3.8, 4) is 0 Å². The minimum absolute atomic E-state index is 0.0171. The van der Waals surface area contributed by atoms with E-state index in [1.54, 1.807) is 13.0 Å². The van der Waals surface area contributed by atoms with E-state index >= 15 is 0 Å². The summed E-state index contributed by atoms with van der Waals surface area (Å²) in [6.07, 6.45) is 0.714. The van der Waals surface area contributed by atoms with E-state index in [4.69, 9.17) is 5.11 Å². The van der Waals surface area contributed by atoms with E-state index in [1.165, 1.54) is 4.90 Å². The fourth-order valence-electron chi connectivity index (χ4n) is 2.23. The normalized spacial score (nSPS) is 24.0. The highest BCUT2D eigenvalue weighted by atomic mass is 16.4. The molecule has 2 N–H and O–H groups in total. The van der Waals surface area contributed by atoms with Gasteiger partial charge in [0.25, 0.3) is 5.91 Å². The zero-order valence-corrected chi connectivity index (χ0v) is 9.80. The average molecular weight is 237 g/mol. The summed E-state index contributed by atoms with van der Waals surface area (Å²) in [5.41, 5.74) is 1.07. The van der Waals surface area contributed by atoms with Gasteiger partial charge in [0.2, 0.25) is 0 Å². The molecule has 1 aromatic rings. The molecule has 92 valence electrons.